The third-order valence-electron chi connectivity index (χ3n) is 3.65. The molecule has 4 nitrogen and oxygen atoms in total. The first kappa shape index (κ1) is 13.4. The van der Waals surface area contributed by atoms with Gasteiger partial charge in [-0.2, -0.15) is 16.1 Å². The van der Waals surface area contributed by atoms with E-state index >= 15 is 0 Å². The van der Waals surface area contributed by atoms with Crippen LogP contribution in [0.5, 0.6) is 0 Å². The van der Waals surface area contributed by atoms with Crippen molar-refractivity contribution < 1.29 is 8.42 Å². The van der Waals surface area contributed by atoms with E-state index in [4.69, 9.17) is 0 Å². The lowest BCUT2D eigenvalue weighted by atomic mass is 10.1. The van der Waals surface area contributed by atoms with Crippen molar-refractivity contribution >= 4 is 21.8 Å². The molecule has 2 aliphatic heterocycles. The van der Waals surface area contributed by atoms with E-state index in [-0.39, 0.29) is 0 Å². The average molecular weight is 298 g/mol. The van der Waals surface area contributed by atoms with Crippen molar-refractivity contribution in [2.24, 2.45) is 0 Å². The first-order valence-corrected chi connectivity index (χ1v) is 9.00. The van der Waals surface area contributed by atoms with Crippen LogP contribution in [-0.2, 0) is 23.1 Å². The summed E-state index contributed by atoms with van der Waals surface area (Å²) in [7, 11) is -3.32. The molecule has 1 N–H and O–H groups in total. The molecule has 0 aromatic heterocycles. The lowest BCUT2D eigenvalue weighted by Crippen LogP contribution is -2.40. The molecule has 3 rings (SSSR count). The molecule has 19 heavy (non-hydrogen) atoms. The topological polar surface area (TPSA) is 49.4 Å². The van der Waals surface area contributed by atoms with E-state index in [0.29, 0.717) is 23.2 Å². The Labute approximate surface area is 118 Å². The summed E-state index contributed by atoms with van der Waals surface area (Å²) in [5.41, 5.74) is 2.32. The molecule has 1 aromatic carbocycles. The zero-order chi connectivity index (χ0) is 13.5. The van der Waals surface area contributed by atoms with Crippen molar-refractivity contribution in [3.8, 4) is 0 Å². The summed E-state index contributed by atoms with van der Waals surface area (Å²) in [4.78, 5) is 0.439. The van der Waals surface area contributed by atoms with Crippen molar-refractivity contribution in [2.75, 3.05) is 18.8 Å². The number of sulfonamides is 1. The second-order valence-corrected chi connectivity index (χ2v) is 8.56. The highest BCUT2D eigenvalue weighted by atomic mass is 32.2. The maximum atomic E-state index is 12.6. The number of rotatable bonds is 2. The quantitative estimate of drug-likeness (QED) is 0.897. The molecule has 0 bridgehead atoms. The van der Waals surface area contributed by atoms with Gasteiger partial charge in [-0.05, 0) is 23.3 Å². The molecule has 0 radical (unpaired) electrons. The van der Waals surface area contributed by atoms with Gasteiger partial charge in [0.1, 0.15) is 0 Å². The Morgan fingerprint density at radius 1 is 1.32 bits per heavy atom. The van der Waals surface area contributed by atoms with Gasteiger partial charge in [0.15, 0.2) is 0 Å². The normalized spacial score (nSPS) is 24.4. The lowest BCUT2D eigenvalue weighted by molar-refractivity contribution is 0.424. The molecule has 1 unspecified atom stereocenters. The molecule has 2 heterocycles. The van der Waals surface area contributed by atoms with Gasteiger partial charge in [0.25, 0.3) is 0 Å². The number of nitrogens with zero attached hydrogens (tertiary/aromatic N) is 1. The SMILES string of the molecule is CC1CN(S(=O)(=O)c2ccc3c(c2)CNC3)CCS1. The largest absolute Gasteiger partial charge is 0.309 e. The van der Waals surface area contributed by atoms with Crippen molar-refractivity contribution in [3.63, 3.8) is 0 Å². The molecule has 1 atom stereocenters. The van der Waals surface area contributed by atoms with Gasteiger partial charge in [-0.15, -0.1) is 0 Å². The summed E-state index contributed by atoms with van der Waals surface area (Å²) in [6, 6.07) is 5.51. The molecule has 0 aliphatic carbocycles. The van der Waals surface area contributed by atoms with Crippen LogP contribution < -0.4 is 5.32 Å². The number of hydrogen-bond acceptors (Lipinski definition) is 4. The van der Waals surface area contributed by atoms with E-state index < -0.39 is 10.0 Å². The first-order chi connectivity index (χ1) is 9.07. The Balaban J connectivity index is 1.91. The summed E-state index contributed by atoms with van der Waals surface area (Å²) in [5, 5.41) is 3.62. The van der Waals surface area contributed by atoms with Gasteiger partial charge >= 0.3 is 0 Å². The summed E-state index contributed by atoms with van der Waals surface area (Å²) in [6.45, 7) is 4.92. The molecule has 6 heteroatoms. The van der Waals surface area contributed by atoms with Gasteiger partial charge in [-0.25, -0.2) is 8.42 Å². The van der Waals surface area contributed by atoms with E-state index in [1.807, 2.05) is 23.9 Å². The summed E-state index contributed by atoms with van der Waals surface area (Å²) < 4.78 is 26.9. The van der Waals surface area contributed by atoms with Gasteiger partial charge in [-0.1, -0.05) is 13.0 Å². The molecule has 0 spiro atoms. The maximum absolute atomic E-state index is 12.6. The predicted octanol–water partition coefficient (Wildman–Crippen LogP) is 1.42. The van der Waals surface area contributed by atoms with Crippen LogP contribution in [0.3, 0.4) is 0 Å². The number of thioether (sulfide) groups is 1. The highest BCUT2D eigenvalue weighted by Gasteiger charge is 2.29. The highest BCUT2D eigenvalue weighted by molar-refractivity contribution is 8.00. The van der Waals surface area contributed by atoms with Gasteiger partial charge in [0.2, 0.25) is 10.0 Å². The standard InChI is InChI=1S/C13H18N2O2S2/c1-10-9-15(4-5-18-10)19(16,17)13-3-2-11-7-14-8-12(11)6-13/h2-3,6,10,14H,4-5,7-9H2,1H3. The van der Waals surface area contributed by atoms with Crippen molar-refractivity contribution in [3.05, 3.63) is 29.3 Å². The molecule has 0 amide bonds. The Hall–Kier alpha value is -0.560. The van der Waals surface area contributed by atoms with Crippen molar-refractivity contribution in [2.45, 2.75) is 30.2 Å². The summed E-state index contributed by atoms with van der Waals surface area (Å²) in [5.74, 6) is 0.882. The Morgan fingerprint density at radius 2 is 2.11 bits per heavy atom. The van der Waals surface area contributed by atoms with E-state index in [0.717, 1.165) is 24.4 Å². The number of hydrogen-bond donors (Lipinski definition) is 1. The molecular weight excluding hydrogens is 280 g/mol. The fourth-order valence-electron chi connectivity index (χ4n) is 2.59. The third kappa shape index (κ3) is 2.54. The minimum atomic E-state index is -3.32. The van der Waals surface area contributed by atoms with Crippen LogP contribution in [0.4, 0.5) is 0 Å². The second-order valence-electron chi connectivity index (χ2n) is 5.08. The summed E-state index contributed by atoms with van der Waals surface area (Å²) >= 11 is 1.84. The molecule has 2 aliphatic rings. The van der Waals surface area contributed by atoms with Gasteiger partial charge < -0.3 is 5.32 Å². The van der Waals surface area contributed by atoms with Crippen LogP contribution in [0.2, 0.25) is 0 Å². The van der Waals surface area contributed by atoms with Crippen LogP contribution in [0.1, 0.15) is 18.1 Å². The maximum Gasteiger partial charge on any atom is 0.243 e. The molecule has 1 saturated heterocycles. The Morgan fingerprint density at radius 3 is 2.89 bits per heavy atom. The van der Waals surface area contributed by atoms with Crippen LogP contribution >= 0.6 is 11.8 Å². The smallest absolute Gasteiger partial charge is 0.243 e. The van der Waals surface area contributed by atoms with Crippen LogP contribution in [0.25, 0.3) is 0 Å². The molecule has 1 aromatic rings. The van der Waals surface area contributed by atoms with E-state index in [1.54, 1.807) is 10.4 Å². The van der Waals surface area contributed by atoms with E-state index in [9.17, 15) is 8.42 Å². The van der Waals surface area contributed by atoms with Gasteiger partial charge in [-0.3, -0.25) is 0 Å². The zero-order valence-electron chi connectivity index (χ0n) is 10.9. The van der Waals surface area contributed by atoms with Gasteiger partial charge in [0.05, 0.1) is 4.90 Å². The minimum Gasteiger partial charge on any atom is -0.309 e. The molecular formula is C13H18N2O2S2. The van der Waals surface area contributed by atoms with Crippen molar-refractivity contribution in [1.82, 2.24) is 9.62 Å². The second kappa shape index (κ2) is 5.09. The third-order valence-corrected chi connectivity index (χ3v) is 6.65. The Kier molecular flexibility index (Phi) is 3.59. The predicted molar refractivity (Wildman–Crippen MR) is 77.7 cm³/mol. The number of nitrogens with one attached hydrogen (secondary N) is 1. The summed E-state index contributed by atoms with van der Waals surface area (Å²) in [6.07, 6.45) is 0. The van der Waals surface area contributed by atoms with Gasteiger partial charge in [0, 0.05) is 37.2 Å². The first-order valence-electron chi connectivity index (χ1n) is 6.51. The fourth-order valence-corrected chi connectivity index (χ4v) is 5.39. The molecule has 104 valence electrons. The highest BCUT2D eigenvalue weighted by Crippen LogP contribution is 2.26. The number of fused-ring (bicyclic) bond motifs is 1. The van der Waals surface area contributed by atoms with Crippen molar-refractivity contribution in [1.29, 1.82) is 0 Å². The lowest BCUT2D eigenvalue weighted by Gasteiger charge is -2.29. The zero-order valence-corrected chi connectivity index (χ0v) is 12.6. The average Bonchev–Trinajstić information content (AvgIpc) is 2.85. The van der Waals surface area contributed by atoms with E-state index in [1.165, 1.54) is 5.56 Å². The van der Waals surface area contributed by atoms with Crippen LogP contribution in [0, 0.1) is 0 Å². The monoisotopic (exact) mass is 298 g/mol. The molecule has 1 fully saturated rings. The minimum absolute atomic E-state index is 0.375. The van der Waals surface area contributed by atoms with Crippen LogP contribution in [0.15, 0.2) is 23.1 Å². The number of benzene rings is 1. The fraction of sp³-hybridized carbons (Fsp3) is 0.538. The Bertz CT molecular complexity index is 586. The van der Waals surface area contributed by atoms with E-state index in [2.05, 4.69) is 12.2 Å². The molecule has 0 saturated carbocycles. The van der Waals surface area contributed by atoms with Crippen LogP contribution in [-0.4, -0.2) is 36.8 Å².